The summed E-state index contributed by atoms with van der Waals surface area (Å²) in [6.07, 6.45) is 2.65. The van der Waals surface area contributed by atoms with Gasteiger partial charge in [-0.25, -0.2) is 9.50 Å². The third-order valence-electron chi connectivity index (χ3n) is 4.91. The van der Waals surface area contributed by atoms with E-state index < -0.39 is 6.23 Å². The first-order chi connectivity index (χ1) is 9.50. The van der Waals surface area contributed by atoms with Crippen molar-refractivity contribution >= 4 is 11.6 Å². The van der Waals surface area contributed by atoms with Crippen LogP contribution in [0.3, 0.4) is 0 Å². The fourth-order valence-electron chi connectivity index (χ4n) is 3.52. The molecule has 6 heteroatoms. The van der Waals surface area contributed by atoms with Gasteiger partial charge in [0.1, 0.15) is 11.9 Å². The predicted molar refractivity (Wildman–Crippen MR) is 70.8 cm³/mol. The molecule has 0 aromatic carbocycles. The van der Waals surface area contributed by atoms with Crippen molar-refractivity contribution in [2.24, 2.45) is 17.3 Å². The molecule has 20 heavy (non-hydrogen) atoms. The monoisotopic (exact) mass is 272 g/mol. The van der Waals surface area contributed by atoms with Crippen molar-refractivity contribution in [3.63, 3.8) is 0 Å². The van der Waals surface area contributed by atoms with Gasteiger partial charge in [0.15, 0.2) is 5.65 Å². The lowest BCUT2D eigenvalue weighted by Crippen LogP contribution is -2.41. The normalized spacial score (nSPS) is 30.6. The van der Waals surface area contributed by atoms with Gasteiger partial charge >= 0.3 is 0 Å². The smallest absolute Gasteiger partial charge is 0.276 e. The van der Waals surface area contributed by atoms with Crippen LogP contribution in [0.1, 0.15) is 24.3 Å². The first kappa shape index (κ1) is 11.8. The van der Waals surface area contributed by atoms with Crippen molar-refractivity contribution in [3.05, 3.63) is 30.2 Å². The summed E-state index contributed by atoms with van der Waals surface area (Å²) in [6.45, 7) is 4.90. The zero-order valence-corrected chi connectivity index (χ0v) is 11.4. The topological polar surface area (TPSA) is 70.7 Å². The van der Waals surface area contributed by atoms with Gasteiger partial charge in [-0.2, -0.15) is 5.10 Å². The number of rotatable bonds is 1. The maximum atomic E-state index is 12.5. The summed E-state index contributed by atoms with van der Waals surface area (Å²) >= 11 is 0. The summed E-state index contributed by atoms with van der Waals surface area (Å²) in [5.41, 5.74) is 1.19. The number of hydrogen-bond donors (Lipinski definition) is 1. The fourth-order valence-corrected chi connectivity index (χ4v) is 3.52. The SMILES string of the molecule is CC1(C)[C@@H]2[C@@H](O)N(C(=O)c3ccc4nccn4n3)C[C@@H]21. The molecule has 0 radical (unpaired) electrons. The van der Waals surface area contributed by atoms with Crippen LogP contribution in [0.5, 0.6) is 0 Å². The van der Waals surface area contributed by atoms with E-state index >= 15 is 0 Å². The molecule has 2 aromatic rings. The lowest BCUT2D eigenvalue weighted by molar-refractivity contribution is 0.00333. The number of aromatic nitrogens is 3. The van der Waals surface area contributed by atoms with Crippen LogP contribution in [-0.2, 0) is 0 Å². The Hall–Kier alpha value is -1.95. The lowest BCUT2D eigenvalue weighted by atomic mass is 10.1. The molecule has 2 aromatic heterocycles. The standard InChI is InChI=1S/C14H16N4O2/c1-14(2)8-7-17(13(20)11(8)14)12(19)9-3-4-10-15-5-6-18(10)16-9/h3-6,8,11,13,20H,7H2,1-2H3/t8-,11-,13+/m0/s1. The number of imidazole rings is 1. The minimum Gasteiger partial charge on any atom is -0.373 e. The molecule has 104 valence electrons. The summed E-state index contributed by atoms with van der Waals surface area (Å²) in [5, 5.41) is 14.5. The third kappa shape index (κ3) is 1.39. The van der Waals surface area contributed by atoms with Crippen molar-refractivity contribution in [1.82, 2.24) is 19.5 Å². The second kappa shape index (κ2) is 3.58. The Morgan fingerprint density at radius 3 is 2.95 bits per heavy atom. The largest absolute Gasteiger partial charge is 0.373 e. The maximum Gasteiger partial charge on any atom is 0.276 e. The molecular formula is C14H16N4O2. The van der Waals surface area contributed by atoms with Crippen LogP contribution in [-0.4, -0.2) is 43.3 Å². The Morgan fingerprint density at radius 1 is 1.45 bits per heavy atom. The molecule has 2 aliphatic rings. The number of likely N-dealkylation sites (tertiary alicyclic amines) is 1. The first-order valence-corrected chi connectivity index (χ1v) is 6.79. The van der Waals surface area contributed by atoms with E-state index in [2.05, 4.69) is 23.9 Å². The maximum absolute atomic E-state index is 12.5. The van der Waals surface area contributed by atoms with Gasteiger partial charge in [0.05, 0.1) is 0 Å². The minimum atomic E-state index is -0.692. The zero-order valence-electron chi connectivity index (χ0n) is 11.4. The Morgan fingerprint density at radius 2 is 2.25 bits per heavy atom. The van der Waals surface area contributed by atoms with E-state index in [1.54, 1.807) is 29.0 Å². The van der Waals surface area contributed by atoms with Crippen molar-refractivity contribution in [2.45, 2.75) is 20.1 Å². The van der Waals surface area contributed by atoms with Gasteiger partial charge in [-0.15, -0.1) is 0 Å². The van der Waals surface area contributed by atoms with Gasteiger partial charge in [0.2, 0.25) is 0 Å². The van der Waals surface area contributed by atoms with Gasteiger partial charge in [0.25, 0.3) is 5.91 Å². The molecule has 3 heterocycles. The number of amides is 1. The number of fused-ring (bicyclic) bond motifs is 2. The first-order valence-electron chi connectivity index (χ1n) is 6.79. The highest BCUT2D eigenvalue weighted by Gasteiger charge is 2.67. The Kier molecular flexibility index (Phi) is 2.12. The van der Waals surface area contributed by atoms with Crippen LogP contribution in [0.25, 0.3) is 5.65 Å². The second-order valence-corrected chi connectivity index (χ2v) is 6.27. The van der Waals surface area contributed by atoms with E-state index in [-0.39, 0.29) is 17.2 Å². The van der Waals surface area contributed by atoms with Crippen molar-refractivity contribution in [3.8, 4) is 0 Å². The van der Waals surface area contributed by atoms with Crippen LogP contribution >= 0.6 is 0 Å². The Balaban J connectivity index is 1.62. The predicted octanol–water partition coefficient (Wildman–Crippen LogP) is 0.776. The van der Waals surface area contributed by atoms with E-state index in [4.69, 9.17) is 0 Å². The van der Waals surface area contributed by atoms with E-state index in [9.17, 15) is 9.90 Å². The van der Waals surface area contributed by atoms with Gasteiger partial charge in [-0.1, -0.05) is 13.8 Å². The second-order valence-electron chi connectivity index (χ2n) is 6.27. The average Bonchev–Trinajstić information content (AvgIpc) is 2.79. The van der Waals surface area contributed by atoms with Crippen molar-refractivity contribution in [2.75, 3.05) is 6.54 Å². The van der Waals surface area contributed by atoms with Crippen LogP contribution in [0.2, 0.25) is 0 Å². The van der Waals surface area contributed by atoms with E-state index in [0.717, 1.165) is 0 Å². The molecule has 2 fully saturated rings. The van der Waals surface area contributed by atoms with E-state index in [1.807, 2.05) is 0 Å². The van der Waals surface area contributed by atoms with Crippen LogP contribution < -0.4 is 0 Å². The van der Waals surface area contributed by atoms with Crippen LogP contribution in [0.15, 0.2) is 24.5 Å². The molecule has 1 aliphatic heterocycles. The number of aliphatic hydroxyl groups is 1. The highest BCUT2D eigenvalue weighted by atomic mass is 16.3. The molecule has 0 spiro atoms. The molecule has 1 aliphatic carbocycles. The molecule has 1 N–H and O–H groups in total. The highest BCUT2D eigenvalue weighted by molar-refractivity contribution is 5.92. The summed E-state index contributed by atoms with van der Waals surface area (Å²) in [5.74, 6) is 0.387. The average molecular weight is 272 g/mol. The molecular weight excluding hydrogens is 256 g/mol. The highest BCUT2D eigenvalue weighted by Crippen LogP contribution is 2.64. The number of aliphatic hydroxyl groups excluding tert-OH is 1. The molecule has 4 rings (SSSR count). The Bertz CT molecular complexity index is 708. The summed E-state index contributed by atoms with van der Waals surface area (Å²) in [6, 6.07) is 3.42. The minimum absolute atomic E-state index is 0.151. The molecule has 1 saturated carbocycles. The van der Waals surface area contributed by atoms with Crippen molar-refractivity contribution in [1.29, 1.82) is 0 Å². The molecule has 1 amide bonds. The van der Waals surface area contributed by atoms with Crippen LogP contribution in [0, 0.1) is 17.3 Å². The van der Waals surface area contributed by atoms with Gasteiger partial charge in [-0.3, -0.25) is 4.79 Å². The third-order valence-corrected chi connectivity index (χ3v) is 4.91. The Labute approximate surface area is 116 Å². The molecule has 0 bridgehead atoms. The lowest BCUT2D eigenvalue weighted by Gasteiger charge is -2.26. The summed E-state index contributed by atoms with van der Waals surface area (Å²) < 4.78 is 1.57. The van der Waals surface area contributed by atoms with E-state index in [1.165, 1.54) is 4.90 Å². The summed E-state index contributed by atoms with van der Waals surface area (Å²) in [4.78, 5) is 18.1. The zero-order chi connectivity index (χ0) is 14.1. The number of nitrogens with zero attached hydrogens (tertiary/aromatic N) is 4. The molecule has 3 atom stereocenters. The van der Waals surface area contributed by atoms with Crippen molar-refractivity contribution < 1.29 is 9.90 Å². The number of carbonyl (C=O) groups excluding carboxylic acids is 1. The fraction of sp³-hybridized carbons (Fsp3) is 0.500. The summed E-state index contributed by atoms with van der Waals surface area (Å²) in [7, 11) is 0. The number of piperidine rings is 1. The van der Waals surface area contributed by atoms with Gasteiger partial charge < -0.3 is 10.0 Å². The molecule has 6 nitrogen and oxygen atoms in total. The van der Waals surface area contributed by atoms with Crippen LogP contribution in [0.4, 0.5) is 0 Å². The van der Waals surface area contributed by atoms with Gasteiger partial charge in [0, 0.05) is 24.9 Å². The number of carbonyl (C=O) groups is 1. The molecule has 0 unspecified atom stereocenters. The molecule has 1 saturated heterocycles. The number of hydrogen-bond acceptors (Lipinski definition) is 4. The van der Waals surface area contributed by atoms with E-state index in [0.29, 0.717) is 23.8 Å². The quantitative estimate of drug-likeness (QED) is 0.832. The van der Waals surface area contributed by atoms with Gasteiger partial charge in [-0.05, 0) is 23.5 Å².